The molecular formula is C44H87N2+. The number of nitrogens with zero attached hydrogens (tertiary/aromatic N) is 2. The third-order valence-electron chi connectivity index (χ3n) is 10.6. The van der Waals surface area contributed by atoms with Gasteiger partial charge in [-0.1, -0.05) is 213 Å². The van der Waals surface area contributed by atoms with E-state index in [4.69, 9.17) is 0 Å². The number of unbranched alkanes of at least 4 members (excludes halogenated alkanes) is 32. The molecule has 0 saturated carbocycles. The maximum absolute atomic E-state index is 2.63. The van der Waals surface area contributed by atoms with Gasteiger partial charge in [0.05, 0.1) is 13.1 Å². The predicted octanol–water partition coefficient (Wildman–Crippen LogP) is 15.0. The zero-order chi connectivity index (χ0) is 33.0. The largest absolute Gasteiger partial charge is 0.256 e. The highest BCUT2D eigenvalue weighted by Gasteiger charge is 2.16. The summed E-state index contributed by atoms with van der Waals surface area (Å²) in [4.78, 5) is 0. The zero-order valence-electron chi connectivity index (χ0n) is 32.4. The zero-order valence-corrected chi connectivity index (χ0v) is 32.4. The maximum atomic E-state index is 2.63. The van der Waals surface area contributed by atoms with Crippen molar-refractivity contribution in [2.75, 3.05) is 0 Å². The smallest absolute Gasteiger partial charge is 0.234 e. The van der Waals surface area contributed by atoms with Crippen LogP contribution >= 0.6 is 0 Å². The lowest BCUT2D eigenvalue weighted by molar-refractivity contribution is -0.704. The first-order valence-electron chi connectivity index (χ1n) is 21.9. The molecule has 0 amide bonds. The van der Waals surface area contributed by atoms with Crippen LogP contribution in [0.3, 0.4) is 0 Å². The fraction of sp³-hybridized carbons (Fsp3) is 0.932. The lowest BCUT2D eigenvalue weighted by Gasteiger charge is -2.07. The third kappa shape index (κ3) is 27.2. The SMILES string of the molecule is CCCCCCCCCCCCCCCCCCc1n(CCCCCC)cc[n+]1CCCCCCCCCCCCCCCCC. The van der Waals surface area contributed by atoms with Crippen molar-refractivity contribution in [2.45, 2.75) is 265 Å². The van der Waals surface area contributed by atoms with E-state index in [1.54, 1.807) is 5.82 Å². The second kappa shape index (κ2) is 35.5. The molecule has 0 N–H and O–H groups in total. The molecule has 1 rings (SSSR count). The molecule has 0 spiro atoms. The summed E-state index contributed by atoms with van der Waals surface area (Å²) in [5.74, 6) is 1.62. The Morgan fingerprint density at radius 1 is 0.370 bits per heavy atom. The average Bonchev–Trinajstić information content (AvgIpc) is 3.45. The van der Waals surface area contributed by atoms with Gasteiger partial charge in [-0.15, -0.1) is 0 Å². The Labute approximate surface area is 291 Å². The second-order valence-electron chi connectivity index (χ2n) is 15.2. The molecule has 46 heavy (non-hydrogen) atoms. The molecule has 1 aromatic heterocycles. The van der Waals surface area contributed by atoms with E-state index in [-0.39, 0.29) is 0 Å². The normalized spacial score (nSPS) is 11.6. The van der Waals surface area contributed by atoms with Gasteiger partial charge in [-0.25, -0.2) is 9.13 Å². The lowest BCUT2D eigenvalue weighted by Crippen LogP contribution is -2.37. The van der Waals surface area contributed by atoms with Gasteiger partial charge < -0.3 is 0 Å². The second-order valence-corrected chi connectivity index (χ2v) is 15.2. The van der Waals surface area contributed by atoms with Gasteiger partial charge in [0.1, 0.15) is 12.4 Å². The van der Waals surface area contributed by atoms with E-state index in [0.717, 1.165) is 0 Å². The highest BCUT2D eigenvalue weighted by molar-refractivity contribution is 4.84. The Balaban J connectivity index is 2.13. The molecular weight excluding hydrogens is 556 g/mol. The molecule has 1 aromatic rings. The number of hydrogen-bond donors (Lipinski definition) is 0. The first-order valence-corrected chi connectivity index (χ1v) is 21.9. The van der Waals surface area contributed by atoms with Gasteiger partial charge in [0.25, 0.3) is 5.82 Å². The van der Waals surface area contributed by atoms with Crippen LogP contribution in [0.1, 0.15) is 251 Å². The third-order valence-corrected chi connectivity index (χ3v) is 10.6. The van der Waals surface area contributed by atoms with E-state index in [1.165, 1.54) is 244 Å². The molecule has 0 unspecified atom stereocenters. The van der Waals surface area contributed by atoms with Gasteiger partial charge in [0.15, 0.2) is 0 Å². The number of rotatable bonds is 38. The van der Waals surface area contributed by atoms with Crippen LogP contribution in [0.4, 0.5) is 0 Å². The van der Waals surface area contributed by atoms with E-state index >= 15 is 0 Å². The summed E-state index contributed by atoms with van der Waals surface area (Å²) in [7, 11) is 0. The number of aromatic nitrogens is 2. The quantitative estimate of drug-likeness (QED) is 0.0501. The monoisotopic (exact) mass is 644 g/mol. The summed E-state index contributed by atoms with van der Waals surface area (Å²) in [6, 6.07) is 0. The van der Waals surface area contributed by atoms with Crippen molar-refractivity contribution in [1.82, 2.24) is 4.57 Å². The number of aryl methyl sites for hydroxylation is 2. The van der Waals surface area contributed by atoms with E-state index in [2.05, 4.69) is 42.3 Å². The summed E-state index contributed by atoms with van der Waals surface area (Å²) in [5.41, 5.74) is 0. The van der Waals surface area contributed by atoms with Gasteiger partial charge in [-0.3, -0.25) is 0 Å². The first-order chi connectivity index (χ1) is 22.8. The van der Waals surface area contributed by atoms with Crippen LogP contribution in [-0.4, -0.2) is 4.57 Å². The van der Waals surface area contributed by atoms with Crippen LogP contribution in [0.2, 0.25) is 0 Å². The van der Waals surface area contributed by atoms with Gasteiger partial charge in [0.2, 0.25) is 0 Å². The average molecular weight is 644 g/mol. The highest BCUT2D eigenvalue weighted by Crippen LogP contribution is 2.16. The summed E-state index contributed by atoms with van der Waals surface area (Å²) in [5, 5.41) is 0. The summed E-state index contributed by atoms with van der Waals surface area (Å²) < 4.78 is 5.25. The van der Waals surface area contributed by atoms with Crippen LogP contribution in [0.15, 0.2) is 12.4 Å². The van der Waals surface area contributed by atoms with Gasteiger partial charge in [-0.05, 0) is 32.1 Å². The van der Waals surface area contributed by atoms with Crippen LogP contribution in [0.25, 0.3) is 0 Å². The standard InChI is InChI=1S/C44H87N2/c1-4-7-10-13-15-17-19-21-23-24-26-28-30-32-34-36-39-44-45(40-37-12-9-6-3)42-43-46(44)41-38-35-33-31-29-27-25-22-20-18-16-14-11-8-5-2/h42-43H,4-41H2,1-3H3/q+1. The fourth-order valence-electron chi connectivity index (χ4n) is 7.39. The van der Waals surface area contributed by atoms with Crippen molar-refractivity contribution >= 4 is 0 Å². The van der Waals surface area contributed by atoms with Crippen molar-refractivity contribution in [3.8, 4) is 0 Å². The minimum atomic E-state index is 1.22. The van der Waals surface area contributed by atoms with Crippen molar-refractivity contribution in [3.05, 3.63) is 18.2 Å². The topological polar surface area (TPSA) is 8.81 Å². The predicted molar refractivity (Wildman–Crippen MR) is 207 cm³/mol. The van der Waals surface area contributed by atoms with Crippen LogP contribution in [-0.2, 0) is 19.5 Å². The van der Waals surface area contributed by atoms with E-state index in [0.29, 0.717) is 0 Å². The van der Waals surface area contributed by atoms with Crippen LogP contribution < -0.4 is 4.57 Å². The maximum Gasteiger partial charge on any atom is 0.256 e. The molecule has 0 aliphatic carbocycles. The minimum absolute atomic E-state index is 1.22. The van der Waals surface area contributed by atoms with E-state index < -0.39 is 0 Å². The van der Waals surface area contributed by atoms with E-state index in [1.807, 2.05) is 0 Å². The Kier molecular flexibility index (Phi) is 33.4. The summed E-state index contributed by atoms with van der Waals surface area (Å²) in [6.45, 7) is 9.40. The Hall–Kier alpha value is -0.790. The van der Waals surface area contributed by atoms with Crippen LogP contribution in [0.5, 0.6) is 0 Å². The number of hydrogen-bond acceptors (Lipinski definition) is 0. The molecule has 0 atom stereocenters. The summed E-state index contributed by atoms with van der Waals surface area (Å²) >= 11 is 0. The van der Waals surface area contributed by atoms with Crippen molar-refractivity contribution in [1.29, 1.82) is 0 Å². The Bertz CT molecular complexity index is 707. The molecule has 0 saturated heterocycles. The fourth-order valence-corrected chi connectivity index (χ4v) is 7.39. The highest BCUT2D eigenvalue weighted by atomic mass is 15.1. The molecule has 272 valence electrons. The minimum Gasteiger partial charge on any atom is -0.234 e. The van der Waals surface area contributed by atoms with Crippen molar-refractivity contribution in [3.63, 3.8) is 0 Å². The first kappa shape index (κ1) is 43.2. The van der Waals surface area contributed by atoms with Gasteiger partial charge in [-0.2, -0.15) is 0 Å². The number of imidazole rings is 1. The van der Waals surface area contributed by atoms with Crippen LogP contribution in [0, 0.1) is 0 Å². The molecule has 1 heterocycles. The summed E-state index contributed by atoms with van der Waals surface area (Å²) in [6.07, 6.45) is 56.4. The lowest BCUT2D eigenvalue weighted by atomic mass is 10.0. The molecule has 2 nitrogen and oxygen atoms in total. The molecule has 2 heteroatoms. The Morgan fingerprint density at radius 2 is 0.674 bits per heavy atom. The molecule has 0 bridgehead atoms. The molecule has 0 aromatic carbocycles. The van der Waals surface area contributed by atoms with Crippen molar-refractivity contribution in [2.24, 2.45) is 0 Å². The van der Waals surface area contributed by atoms with E-state index in [9.17, 15) is 0 Å². The van der Waals surface area contributed by atoms with Gasteiger partial charge in [0, 0.05) is 6.42 Å². The Morgan fingerprint density at radius 3 is 1.04 bits per heavy atom. The molecule has 0 fully saturated rings. The molecule has 0 aliphatic rings. The van der Waals surface area contributed by atoms with Gasteiger partial charge >= 0.3 is 0 Å². The molecule has 0 radical (unpaired) electrons. The molecule has 0 aliphatic heterocycles. The van der Waals surface area contributed by atoms with Crippen molar-refractivity contribution < 1.29 is 4.57 Å².